The van der Waals surface area contributed by atoms with E-state index >= 15 is 0 Å². The number of benzene rings is 1. The molecule has 0 spiro atoms. The highest BCUT2D eigenvalue weighted by Gasteiger charge is 2.29. The molecular weight excluding hydrogens is 305 g/mol. The SMILES string of the molecule is O=C(O)CCCCC(O)CSc1ccc(C(F)(F)F)cc1. The predicted molar refractivity (Wildman–Crippen MR) is 74.3 cm³/mol. The maximum Gasteiger partial charge on any atom is 0.416 e. The standard InChI is InChI=1S/C14H17F3O3S/c15-14(16,17)10-5-7-12(8-6-10)21-9-11(18)3-1-2-4-13(19)20/h5-8,11,18H,1-4,9H2,(H,19,20). The fourth-order valence-corrected chi connectivity index (χ4v) is 2.55. The Morgan fingerprint density at radius 1 is 1.19 bits per heavy atom. The maximum atomic E-state index is 12.4. The van der Waals surface area contributed by atoms with Gasteiger partial charge in [-0.15, -0.1) is 11.8 Å². The van der Waals surface area contributed by atoms with Crippen LogP contribution in [-0.2, 0) is 11.0 Å². The molecule has 0 aromatic heterocycles. The van der Waals surface area contributed by atoms with Crippen LogP contribution in [0, 0.1) is 0 Å². The zero-order valence-electron chi connectivity index (χ0n) is 11.3. The number of hydrogen-bond donors (Lipinski definition) is 2. The van der Waals surface area contributed by atoms with Crippen molar-refractivity contribution in [1.29, 1.82) is 0 Å². The van der Waals surface area contributed by atoms with Crippen molar-refractivity contribution >= 4 is 17.7 Å². The highest BCUT2D eigenvalue weighted by molar-refractivity contribution is 7.99. The van der Waals surface area contributed by atoms with Gasteiger partial charge in [0, 0.05) is 17.1 Å². The first-order valence-electron chi connectivity index (χ1n) is 6.49. The van der Waals surface area contributed by atoms with Crippen LogP contribution in [0.25, 0.3) is 0 Å². The number of aliphatic carboxylic acids is 1. The molecule has 0 bridgehead atoms. The Hall–Kier alpha value is -1.21. The molecule has 0 fully saturated rings. The average Bonchev–Trinajstić information content (AvgIpc) is 2.40. The number of carboxylic acid groups (broad SMARTS) is 1. The summed E-state index contributed by atoms with van der Waals surface area (Å²) in [6.07, 6.45) is -3.24. The number of hydrogen-bond acceptors (Lipinski definition) is 3. The van der Waals surface area contributed by atoms with Crippen LogP contribution in [0.4, 0.5) is 13.2 Å². The Morgan fingerprint density at radius 2 is 1.81 bits per heavy atom. The average molecular weight is 322 g/mol. The van der Waals surface area contributed by atoms with Gasteiger partial charge in [-0.25, -0.2) is 0 Å². The summed E-state index contributed by atoms with van der Waals surface area (Å²) in [6.45, 7) is 0. The van der Waals surface area contributed by atoms with Gasteiger partial charge in [-0.05, 0) is 37.1 Å². The minimum Gasteiger partial charge on any atom is -0.481 e. The predicted octanol–water partition coefficient (Wildman–Crippen LogP) is 3.80. The Kier molecular flexibility index (Phi) is 7.04. The highest BCUT2D eigenvalue weighted by atomic mass is 32.2. The molecule has 21 heavy (non-hydrogen) atoms. The van der Waals surface area contributed by atoms with Crippen LogP contribution in [0.5, 0.6) is 0 Å². The topological polar surface area (TPSA) is 57.5 Å². The van der Waals surface area contributed by atoms with Crippen LogP contribution < -0.4 is 0 Å². The van der Waals surface area contributed by atoms with Crippen LogP contribution in [0.2, 0.25) is 0 Å². The second-order valence-corrected chi connectivity index (χ2v) is 5.72. The van der Waals surface area contributed by atoms with E-state index in [0.717, 1.165) is 12.1 Å². The third kappa shape index (κ3) is 7.38. The lowest BCUT2D eigenvalue weighted by Crippen LogP contribution is -2.10. The highest BCUT2D eigenvalue weighted by Crippen LogP contribution is 2.31. The smallest absolute Gasteiger partial charge is 0.416 e. The van der Waals surface area contributed by atoms with Gasteiger partial charge >= 0.3 is 12.1 Å². The Bertz CT molecular complexity index is 446. The van der Waals surface area contributed by atoms with Crippen LogP contribution in [0.15, 0.2) is 29.2 Å². The molecule has 0 radical (unpaired) electrons. The molecule has 0 aliphatic heterocycles. The van der Waals surface area contributed by atoms with E-state index in [9.17, 15) is 23.1 Å². The summed E-state index contributed by atoms with van der Waals surface area (Å²) in [5.41, 5.74) is -0.693. The fourth-order valence-electron chi connectivity index (χ4n) is 1.67. The number of carbonyl (C=O) groups is 1. The summed E-state index contributed by atoms with van der Waals surface area (Å²) in [4.78, 5) is 11.0. The monoisotopic (exact) mass is 322 g/mol. The molecule has 0 saturated carbocycles. The normalized spacial score (nSPS) is 13.1. The van der Waals surface area contributed by atoms with Crippen LogP contribution in [0.1, 0.15) is 31.2 Å². The molecule has 0 aliphatic rings. The fraction of sp³-hybridized carbons (Fsp3) is 0.500. The lowest BCUT2D eigenvalue weighted by Gasteiger charge is -2.11. The van der Waals surface area contributed by atoms with Gasteiger partial charge in [-0.1, -0.05) is 6.42 Å². The van der Waals surface area contributed by atoms with Gasteiger partial charge in [-0.2, -0.15) is 13.2 Å². The molecule has 1 unspecified atom stereocenters. The van der Waals surface area contributed by atoms with Crippen molar-refractivity contribution in [3.63, 3.8) is 0 Å². The Balaban J connectivity index is 2.29. The minimum absolute atomic E-state index is 0.0821. The summed E-state index contributed by atoms with van der Waals surface area (Å²) < 4.78 is 37.1. The van der Waals surface area contributed by atoms with Crippen LogP contribution in [-0.4, -0.2) is 28.0 Å². The van der Waals surface area contributed by atoms with E-state index in [1.165, 1.54) is 23.9 Å². The molecule has 0 amide bonds. The van der Waals surface area contributed by atoms with Crippen molar-refractivity contribution in [2.75, 3.05) is 5.75 Å². The number of aliphatic hydroxyl groups excluding tert-OH is 1. The van der Waals surface area contributed by atoms with E-state index in [0.29, 0.717) is 29.9 Å². The van der Waals surface area contributed by atoms with Crippen molar-refractivity contribution < 1.29 is 28.2 Å². The quantitative estimate of drug-likeness (QED) is 0.564. The summed E-state index contributed by atoms with van der Waals surface area (Å²) in [5.74, 6) is -0.484. The molecule has 1 aromatic rings. The van der Waals surface area contributed by atoms with Gasteiger partial charge in [0.05, 0.1) is 11.7 Å². The molecule has 0 saturated heterocycles. The lowest BCUT2D eigenvalue weighted by molar-refractivity contribution is -0.138. The minimum atomic E-state index is -4.34. The second kappa shape index (κ2) is 8.29. The van der Waals surface area contributed by atoms with Gasteiger partial charge in [0.15, 0.2) is 0 Å². The number of unbranched alkanes of at least 4 members (excludes halogenated alkanes) is 1. The first kappa shape index (κ1) is 17.8. The van der Waals surface area contributed by atoms with Gasteiger partial charge in [0.25, 0.3) is 0 Å². The molecular formula is C14H17F3O3S. The summed E-state index contributed by atoms with van der Waals surface area (Å²) in [6, 6.07) is 4.79. The van der Waals surface area contributed by atoms with Crippen molar-refractivity contribution in [3.8, 4) is 0 Å². The molecule has 118 valence electrons. The number of alkyl halides is 3. The van der Waals surface area contributed by atoms with Gasteiger partial charge in [-0.3, -0.25) is 4.79 Å². The lowest BCUT2D eigenvalue weighted by atomic mass is 10.1. The van der Waals surface area contributed by atoms with E-state index in [-0.39, 0.29) is 6.42 Å². The van der Waals surface area contributed by atoms with Gasteiger partial charge in [0.2, 0.25) is 0 Å². The summed E-state index contributed by atoms with van der Waals surface area (Å²) in [7, 11) is 0. The molecule has 1 atom stereocenters. The first-order chi connectivity index (χ1) is 9.79. The Morgan fingerprint density at radius 3 is 2.33 bits per heavy atom. The van der Waals surface area contributed by atoms with E-state index in [1.54, 1.807) is 0 Å². The number of thioether (sulfide) groups is 1. The van der Waals surface area contributed by atoms with Crippen molar-refractivity contribution in [2.45, 2.75) is 42.9 Å². The third-order valence-corrected chi connectivity index (χ3v) is 3.96. The molecule has 2 N–H and O–H groups in total. The molecule has 1 aromatic carbocycles. The largest absolute Gasteiger partial charge is 0.481 e. The van der Waals surface area contributed by atoms with E-state index in [2.05, 4.69) is 0 Å². The molecule has 3 nitrogen and oxygen atoms in total. The first-order valence-corrected chi connectivity index (χ1v) is 7.47. The number of halogens is 3. The third-order valence-electron chi connectivity index (χ3n) is 2.80. The van der Waals surface area contributed by atoms with E-state index in [1.807, 2.05) is 0 Å². The number of aliphatic hydroxyl groups is 1. The Labute approximate surface area is 125 Å². The number of carboxylic acids is 1. The maximum absolute atomic E-state index is 12.4. The van der Waals surface area contributed by atoms with E-state index < -0.39 is 23.8 Å². The van der Waals surface area contributed by atoms with Gasteiger partial charge in [0.1, 0.15) is 0 Å². The zero-order valence-corrected chi connectivity index (χ0v) is 12.1. The molecule has 0 aliphatic carbocycles. The van der Waals surface area contributed by atoms with E-state index in [4.69, 9.17) is 5.11 Å². The second-order valence-electron chi connectivity index (χ2n) is 4.63. The zero-order chi connectivity index (χ0) is 15.9. The van der Waals surface area contributed by atoms with Crippen molar-refractivity contribution in [2.24, 2.45) is 0 Å². The van der Waals surface area contributed by atoms with Gasteiger partial charge < -0.3 is 10.2 Å². The number of rotatable bonds is 8. The van der Waals surface area contributed by atoms with Crippen molar-refractivity contribution in [1.82, 2.24) is 0 Å². The summed E-state index contributed by atoms with van der Waals surface area (Å²) >= 11 is 1.28. The molecule has 7 heteroatoms. The molecule has 0 heterocycles. The van der Waals surface area contributed by atoms with Crippen LogP contribution in [0.3, 0.4) is 0 Å². The van der Waals surface area contributed by atoms with Crippen LogP contribution >= 0.6 is 11.8 Å². The molecule has 1 rings (SSSR count). The van der Waals surface area contributed by atoms with Crippen molar-refractivity contribution in [3.05, 3.63) is 29.8 Å². The summed E-state index contributed by atoms with van der Waals surface area (Å²) in [5, 5.41) is 18.2.